The molecule has 3 aromatic rings. The molecule has 1 fully saturated rings. The number of non-ortho nitro benzene ring substituents is 2. The van der Waals surface area contributed by atoms with Crippen LogP contribution in [-0.4, -0.2) is 38.2 Å². The summed E-state index contributed by atoms with van der Waals surface area (Å²) in [7, 11) is 0. The number of hydrogen-bond donors (Lipinski definition) is 2. The van der Waals surface area contributed by atoms with Crippen molar-refractivity contribution in [3.8, 4) is 5.75 Å². The highest BCUT2D eigenvalue weighted by molar-refractivity contribution is 5.89. The summed E-state index contributed by atoms with van der Waals surface area (Å²) in [5.41, 5.74) is -1.74. The zero-order chi connectivity index (χ0) is 24.0. The smallest absolute Gasteiger partial charge is 0.336 e. The molecule has 172 valence electrons. The summed E-state index contributed by atoms with van der Waals surface area (Å²) < 4.78 is 5.93. The molecule has 0 saturated heterocycles. The van der Waals surface area contributed by atoms with Gasteiger partial charge in [-0.3, -0.25) is 20.2 Å². The number of nitro groups is 2. The molecule has 1 aliphatic carbocycles. The molecular formula is C23H22N2O8. The predicted molar refractivity (Wildman–Crippen MR) is 120 cm³/mol. The largest absolute Gasteiger partial charge is 0.488 e. The van der Waals surface area contributed by atoms with Gasteiger partial charge in [0.15, 0.2) is 0 Å². The van der Waals surface area contributed by atoms with Crippen molar-refractivity contribution in [2.45, 2.75) is 37.9 Å². The van der Waals surface area contributed by atoms with Gasteiger partial charge in [0.25, 0.3) is 11.4 Å². The number of nitro benzene ring substituents is 2. The molecule has 0 aliphatic heterocycles. The first-order chi connectivity index (χ1) is 15.7. The fourth-order valence-corrected chi connectivity index (χ4v) is 3.56. The van der Waals surface area contributed by atoms with E-state index in [4.69, 9.17) is 9.84 Å². The minimum atomic E-state index is -1.46. The van der Waals surface area contributed by atoms with Crippen molar-refractivity contribution in [1.29, 1.82) is 0 Å². The Labute approximate surface area is 188 Å². The van der Waals surface area contributed by atoms with Crippen LogP contribution >= 0.6 is 0 Å². The highest BCUT2D eigenvalue weighted by Crippen LogP contribution is 2.26. The summed E-state index contributed by atoms with van der Waals surface area (Å²) >= 11 is 0. The molecule has 10 nitrogen and oxygen atoms in total. The quantitative estimate of drug-likeness (QED) is 0.415. The minimum absolute atomic E-state index is 0.0417. The Morgan fingerprint density at radius 1 is 0.879 bits per heavy atom. The molecule has 0 radical (unpaired) electrons. The number of carbonyl (C=O) groups is 1. The van der Waals surface area contributed by atoms with Crippen LogP contribution < -0.4 is 4.74 Å². The summed E-state index contributed by atoms with van der Waals surface area (Å²) in [5.74, 6) is -0.596. The van der Waals surface area contributed by atoms with Crippen molar-refractivity contribution in [2.75, 3.05) is 0 Å². The molecule has 1 aliphatic rings. The summed E-state index contributed by atoms with van der Waals surface area (Å²) in [6, 6.07) is 16.6. The van der Waals surface area contributed by atoms with Crippen molar-refractivity contribution < 1.29 is 29.6 Å². The summed E-state index contributed by atoms with van der Waals surface area (Å²) in [5, 5.41) is 41.5. The number of benzene rings is 3. The maximum Gasteiger partial charge on any atom is 0.336 e. The number of ether oxygens (including phenoxy) is 1. The Hall–Kier alpha value is -4.05. The zero-order valence-electron chi connectivity index (χ0n) is 17.5. The molecule has 0 heterocycles. The van der Waals surface area contributed by atoms with Gasteiger partial charge in [-0.2, -0.15) is 0 Å². The lowest BCUT2D eigenvalue weighted by Gasteiger charge is -2.28. The number of hydrogen-bond acceptors (Lipinski definition) is 7. The van der Waals surface area contributed by atoms with Gasteiger partial charge in [0.1, 0.15) is 11.9 Å². The average molecular weight is 454 g/mol. The monoisotopic (exact) mass is 454 g/mol. The van der Waals surface area contributed by atoms with Gasteiger partial charge in [-0.15, -0.1) is 0 Å². The van der Waals surface area contributed by atoms with Crippen LogP contribution in [0.4, 0.5) is 11.4 Å². The summed E-state index contributed by atoms with van der Waals surface area (Å²) in [4.78, 5) is 29.4. The molecule has 0 spiro atoms. The third-order valence-corrected chi connectivity index (χ3v) is 5.25. The first kappa shape index (κ1) is 23.6. The number of fused-ring (bicyclic) bond motifs is 1. The molecule has 10 heteroatoms. The standard InChI is InChI=1S/C16H18O2.C7H4N2O6/c17-15-7-3-4-8-16(15)18-14-10-9-12-5-1-2-6-13(12)11-14;10-7(11)4-1-5(8(12)13)3-6(2-4)9(14)15/h1-2,5-6,9-11,15-17H,3-4,7-8H2;1-3H,(H,10,11)/t15-,16-;/m1./s1. The first-order valence-corrected chi connectivity index (χ1v) is 10.3. The minimum Gasteiger partial charge on any atom is -0.488 e. The molecule has 0 unspecified atom stereocenters. The second-order valence-corrected chi connectivity index (χ2v) is 7.57. The van der Waals surface area contributed by atoms with Gasteiger partial charge in [0, 0.05) is 12.1 Å². The normalized spacial score (nSPS) is 17.5. The highest BCUT2D eigenvalue weighted by Gasteiger charge is 2.24. The Morgan fingerprint density at radius 3 is 2.06 bits per heavy atom. The highest BCUT2D eigenvalue weighted by atomic mass is 16.6. The van der Waals surface area contributed by atoms with E-state index < -0.39 is 32.8 Å². The molecule has 33 heavy (non-hydrogen) atoms. The van der Waals surface area contributed by atoms with E-state index >= 15 is 0 Å². The van der Waals surface area contributed by atoms with Crippen molar-refractivity contribution in [3.05, 3.63) is 86.5 Å². The third-order valence-electron chi connectivity index (χ3n) is 5.25. The molecule has 0 bridgehead atoms. The van der Waals surface area contributed by atoms with E-state index in [1.807, 2.05) is 18.2 Å². The second kappa shape index (κ2) is 10.5. The van der Waals surface area contributed by atoms with Gasteiger partial charge in [0.2, 0.25) is 0 Å². The van der Waals surface area contributed by atoms with Gasteiger partial charge in [-0.25, -0.2) is 4.79 Å². The molecule has 3 aromatic carbocycles. The summed E-state index contributed by atoms with van der Waals surface area (Å²) in [6.07, 6.45) is 3.71. The van der Waals surface area contributed by atoms with Crippen LogP contribution in [0, 0.1) is 20.2 Å². The topological polar surface area (TPSA) is 153 Å². The Kier molecular flexibility index (Phi) is 7.52. The maximum absolute atomic E-state index is 10.5. The molecule has 2 atom stereocenters. The van der Waals surface area contributed by atoms with Crippen molar-refractivity contribution in [1.82, 2.24) is 0 Å². The van der Waals surface area contributed by atoms with E-state index in [2.05, 4.69) is 24.3 Å². The second-order valence-electron chi connectivity index (χ2n) is 7.57. The predicted octanol–water partition coefficient (Wildman–Crippen LogP) is 4.72. The lowest BCUT2D eigenvalue weighted by molar-refractivity contribution is -0.394. The number of carboxylic acids is 1. The zero-order valence-corrected chi connectivity index (χ0v) is 17.5. The molecule has 0 aromatic heterocycles. The van der Waals surface area contributed by atoms with E-state index in [0.29, 0.717) is 6.07 Å². The molecule has 1 saturated carbocycles. The SMILES string of the molecule is O=C(O)c1cc([N+](=O)[O-])cc([N+](=O)[O-])c1.O[C@@H]1CCCC[C@H]1Oc1ccc2ccccc2c1. The van der Waals surface area contributed by atoms with Gasteiger partial charge < -0.3 is 14.9 Å². The molecule has 2 N–H and O–H groups in total. The third kappa shape index (κ3) is 6.23. The van der Waals surface area contributed by atoms with E-state index in [1.54, 1.807) is 0 Å². The van der Waals surface area contributed by atoms with E-state index in [1.165, 1.54) is 10.8 Å². The van der Waals surface area contributed by atoms with Gasteiger partial charge in [-0.05, 0) is 42.2 Å². The fraction of sp³-hybridized carbons (Fsp3) is 0.261. The number of carboxylic acid groups (broad SMARTS) is 1. The van der Waals surface area contributed by atoms with Crippen molar-refractivity contribution in [2.24, 2.45) is 0 Å². The van der Waals surface area contributed by atoms with Gasteiger partial charge >= 0.3 is 5.97 Å². The number of nitrogens with zero attached hydrogens (tertiary/aromatic N) is 2. The van der Waals surface area contributed by atoms with Crippen LogP contribution in [0.25, 0.3) is 10.8 Å². The van der Waals surface area contributed by atoms with Gasteiger partial charge in [-0.1, -0.05) is 36.8 Å². The van der Waals surface area contributed by atoms with Crippen molar-refractivity contribution >= 4 is 28.1 Å². The molecular weight excluding hydrogens is 432 g/mol. The molecule has 4 rings (SSSR count). The molecule has 0 amide bonds. The number of aromatic carboxylic acids is 1. The van der Waals surface area contributed by atoms with E-state index in [0.717, 1.165) is 43.6 Å². The lowest BCUT2D eigenvalue weighted by atomic mass is 9.95. The van der Waals surface area contributed by atoms with E-state index in [-0.39, 0.29) is 12.2 Å². The van der Waals surface area contributed by atoms with Crippen molar-refractivity contribution in [3.63, 3.8) is 0 Å². The first-order valence-electron chi connectivity index (χ1n) is 10.3. The maximum atomic E-state index is 10.5. The lowest BCUT2D eigenvalue weighted by Crippen LogP contribution is -2.34. The number of rotatable bonds is 5. The van der Waals surface area contributed by atoms with E-state index in [9.17, 15) is 30.1 Å². The Morgan fingerprint density at radius 2 is 1.48 bits per heavy atom. The summed E-state index contributed by atoms with van der Waals surface area (Å²) in [6.45, 7) is 0. The Balaban J connectivity index is 0.000000190. The van der Waals surface area contributed by atoms with Crippen LogP contribution in [-0.2, 0) is 0 Å². The van der Waals surface area contributed by atoms with Gasteiger partial charge in [0.05, 0.1) is 27.6 Å². The fourth-order valence-electron chi connectivity index (χ4n) is 3.56. The van der Waals surface area contributed by atoms with Crippen LogP contribution in [0.3, 0.4) is 0 Å². The average Bonchev–Trinajstić information content (AvgIpc) is 2.80. The van der Waals surface area contributed by atoms with Crippen LogP contribution in [0.2, 0.25) is 0 Å². The Bertz CT molecular complexity index is 1100. The number of aliphatic hydroxyl groups excluding tert-OH is 1. The van der Waals surface area contributed by atoms with Crippen LogP contribution in [0.5, 0.6) is 5.75 Å². The van der Waals surface area contributed by atoms with Crippen LogP contribution in [0.1, 0.15) is 36.0 Å². The number of aliphatic hydroxyl groups is 1. The van der Waals surface area contributed by atoms with Crippen LogP contribution in [0.15, 0.2) is 60.7 Å².